The summed E-state index contributed by atoms with van der Waals surface area (Å²) in [5.74, 6) is -0.211. The van der Waals surface area contributed by atoms with Gasteiger partial charge in [-0.3, -0.25) is 9.10 Å². The summed E-state index contributed by atoms with van der Waals surface area (Å²) in [5.41, 5.74) is 1.10. The van der Waals surface area contributed by atoms with Crippen LogP contribution in [-0.2, 0) is 14.8 Å². The van der Waals surface area contributed by atoms with Gasteiger partial charge in [0.15, 0.2) is 0 Å². The third-order valence-corrected chi connectivity index (χ3v) is 5.57. The van der Waals surface area contributed by atoms with Crippen molar-refractivity contribution in [2.24, 2.45) is 0 Å². The highest BCUT2D eigenvalue weighted by Crippen LogP contribution is 2.24. The molecule has 0 aliphatic rings. The second-order valence-electron chi connectivity index (χ2n) is 6.46. The molecule has 0 spiro atoms. The summed E-state index contributed by atoms with van der Waals surface area (Å²) in [4.78, 5) is 12.9. The number of benzene rings is 2. The molecule has 6 nitrogen and oxygen atoms in total. The number of carbonyl (C=O) groups excluding carboxylic acids is 1. The largest absolute Gasteiger partial charge is 0.497 e. The van der Waals surface area contributed by atoms with Gasteiger partial charge >= 0.3 is 0 Å². The number of halogens is 1. The molecule has 0 unspecified atom stereocenters. The first-order valence-electron chi connectivity index (χ1n) is 8.86. The molecular formula is C20H25FN2O4S. The summed E-state index contributed by atoms with van der Waals surface area (Å²) in [7, 11) is -2.19. The molecule has 0 aromatic heterocycles. The van der Waals surface area contributed by atoms with Crippen molar-refractivity contribution >= 4 is 21.6 Å². The monoisotopic (exact) mass is 408 g/mol. The first kappa shape index (κ1) is 21.7. The van der Waals surface area contributed by atoms with Crippen molar-refractivity contribution in [1.82, 2.24) is 5.32 Å². The fourth-order valence-corrected chi connectivity index (χ4v) is 4.15. The molecule has 0 heterocycles. The number of hydrogen-bond acceptors (Lipinski definition) is 4. The van der Waals surface area contributed by atoms with E-state index in [0.29, 0.717) is 5.75 Å². The molecule has 0 aliphatic heterocycles. The number of rotatable bonds is 8. The Morgan fingerprint density at radius 2 is 1.71 bits per heavy atom. The van der Waals surface area contributed by atoms with E-state index in [4.69, 9.17) is 4.74 Å². The molecule has 0 aliphatic carbocycles. The third-order valence-electron chi connectivity index (χ3n) is 4.39. The van der Waals surface area contributed by atoms with Crippen LogP contribution in [0.5, 0.6) is 5.75 Å². The summed E-state index contributed by atoms with van der Waals surface area (Å²) in [6.07, 6.45) is 1.28. The molecule has 152 valence electrons. The highest BCUT2D eigenvalue weighted by Gasteiger charge is 2.32. The Morgan fingerprint density at radius 3 is 2.18 bits per heavy atom. The van der Waals surface area contributed by atoms with Crippen LogP contribution in [-0.4, -0.2) is 33.7 Å². The van der Waals surface area contributed by atoms with Gasteiger partial charge in [-0.05, 0) is 55.3 Å². The van der Waals surface area contributed by atoms with Crippen LogP contribution in [0, 0.1) is 5.82 Å². The van der Waals surface area contributed by atoms with Crippen molar-refractivity contribution in [3.63, 3.8) is 0 Å². The topological polar surface area (TPSA) is 75.7 Å². The smallest absolute Gasteiger partial charge is 0.244 e. The summed E-state index contributed by atoms with van der Waals surface area (Å²) in [6.45, 7) is 3.54. The van der Waals surface area contributed by atoms with E-state index in [1.807, 2.05) is 19.1 Å². The lowest BCUT2D eigenvalue weighted by Crippen LogP contribution is -2.49. The Hall–Kier alpha value is -2.61. The van der Waals surface area contributed by atoms with Crippen LogP contribution >= 0.6 is 0 Å². The number of amides is 1. The number of carbonyl (C=O) groups is 1. The molecule has 2 rings (SSSR count). The molecule has 28 heavy (non-hydrogen) atoms. The molecule has 1 amide bonds. The van der Waals surface area contributed by atoms with E-state index in [-0.39, 0.29) is 18.2 Å². The number of anilines is 1. The predicted octanol–water partition coefficient (Wildman–Crippen LogP) is 3.26. The van der Waals surface area contributed by atoms with E-state index in [2.05, 4.69) is 5.32 Å². The Balaban J connectivity index is 2.26. The van der Waals surface area contributed by atoms with Gasteiger partial charge in [-0.25, -0.2) is 12.8 Å². The highest BCUT2D eigenvalue weighted by molar-refractivity contribution is 7.92. The first-order chi connectivity index (χ1) is 13.2. The summed E-state index contributed by atoms with van der Waals surface area (Å²) in [6, 6.07) is 11.0. The lowest BCUT2D eigenvalue weighted by molar-refractivity contribution is -0.122. The highest BCUT2D eigenvalue weighted by atomic mass is 32.2. The maximum Gasteiger partial charge on any atom is 0.244 e. The lowest BCUT2D eigenvalue weighted by Gasteiger charge is -2.31. The second kappa shape index (κ2) is 9.05. The van der Waals surface area contributed by atoms with E-state index in [1.165, 1.54) is 12.1 Å². The molecule has 0 fully saturated rings. The van der Waals surface area contributed by atoms with Crippen LogP contribution in [0.1, 0.15) is 31.9 Å². The van der Waals surface area contributed by atoms with Gasteiger partial charge in [-0.15, -0.1) is 0 Å². The standard InChI is InChI=1S/C20H25FN2O4S/c1-5-19(23(28(4,25)26)17-10-8-16(21)9-11-17)20(24)22-14(2)15-6-12-18(27-3)13-7-15/h6-14,19H,5H2,1-4H3,(H,22,24)/t14-,19+/m1/s1. The normalized spacial score (nSPS) is 13.5. The van der Waals surface area contributed by atoms with Crippen molar-refractivity contribution in [3.05, 3.63) is 59.9 Å². The quantitative estimate of drug-likeness (QED) is 0.728. The average molecular weight is 408 g/mol. The van der Waals surface area contributed by atoms with Gasteiger partial charge in [0.05, 0.1) is 25.1 Å². The molecule has 2 atom stereocenters. The second-order valence-corrected chi connectivity index (χ2v) is 8.32. The Labute approximate surface area is 165 Å². The molecule has 0 saturated carbocycles. The molecular weight excluding hydrogens is 383 g/mol. The minimum atomic E-state index is -3.76. The van der Waals surface area contributed by atoms with Crippen LogP contribution in [0.3, 0.4) is 0 Å². The maximum absolute atomic E-state index is 13.2. The van der Waals surface area contributed by atoms with Crippen LogP contribution in [0.2, 0.25) is 0 Å². The summed E-state index contributed by atoms with van der Waals surface area (Å²) in [5, 5.41) is 2.86. The van der Waals surface area contributed by atoms with Gasteiger partial charge in [0.25, 0.3) is 0 Å². The van der Waals surface area contributed by atoms with E-state index in [1.54, 1.807) is 26.2 Å². The summed E-state index contributed by atoms with van der Waals surface area (Å²) >= 11 is 0. The van der Waals surface area contributed by atoms with Crippen molar-refractivity contribution in [2.45, 2.75) is 32.4 Å². The van der Waals surface area contributed by atoms with Gasteiger partial charge in [0, 0.05) is 0 Å². The molecule has 0 radical (unpaired) electrons. The Kier molecular flexibility index (Phi) is 7.01. The molecule has 1 N–H and O–H groups in total. The average Bonchev–Trinajstić information content (AvgIpc) is 2.66. The van der Waals surface area contributed by atoms with Gasteiger partial charge in [-0.2, -0.15) is 0 Å². The minimum absolute atomic E-state index is 0.239. The number of nitrogens with one attached hydrogen (secondary N) is 1. The number of methoxy groups -OCH3 is 1. The molecule has 8 heteroatoms. The fourth-order valence-electron chi connectivity index (χ4n) is 2.93. The fraction of sp³-hybridized carbons (Fsp3) is 0.350. The van der Waals surface area contributed by atoms with E-state index < -0.39 is 27.8 Å². The zero-order valence-electron chi connectivity index (χ0n) is 16.3. The van der Waals surface area contributed by atoms with Crippen LogP contribution in [0.15, 0.2) is 48.5 Å². The number of sulfonamides is 1. The molecule has 0 saturated heterocycles. The number of nitrogens with zero attached hydrogens (tertiary/aromatic N) is 1. The predicted molar refractivity (Wildman–Crippen MR) is 107 cm³/mol. The van der Waals surface area contributed by atoms with E-state index in [0.717, 1.165) is 28.3 Å². The SMILES string of the molecule is CC[C@@H](C(=O)N[C@H](C)c1ccc(OC)cc1)N(c1ccc(F)cc1)S(C)(=O)=O. The maximum atomic E-state index is 13.2. The zero-order chi connectivity index (χ0) is 20.9. The van der Waals surface area contributed by atoms with E-state index >= 15 is 0 Å². The van der Waals surface area contributed by atoms with Crippen LogP contribution in [0.4, 0.5) is 10.1 Å². The number of hydrogen-bond donors (Lipinski definition) is 1. The van der Waals surface area contributed by atoms with Crippen LogP contribution in [0.25, 0.3) is 0 Å². The third kappa shape index (κ3) is 5.22. The molecule has 2 aromatic rings. The molecule has 2 aromatic carbocycles. The van der Waals surface area contributed by atoms with Crippen molar-refractivity contribution in [3.8, 4) is 5.75 Å². The zero-order valence-corrected chi connectivity index (χ0v) is 17.2. The van der Waals surface area contributed by atoms with Gasteiger partial charge in [0.1, 0.15) is 17.6 Å². The van der Waals surface area contributed by atoms with Crippen molar-refractivity contribution < 1.29 is 22.3 Å². The Morgan fingerprint density at radius 1 is 1.14 bits per heavy atom. The minimum Gasteiger partial charge on any atom is -0.497 e. The summed E-state index contributed by atoms with van der Waals surface area (Å²) < 4.78 is 44.2. The van der Waals surface area contributed by atoms with Crippen molar-refractivity contribution in [2.75, 3.05) is 17.7 Å². The van der Waals surface area contributed by atoms with E-state index in [9.17, 15) is 17.6 Å². The van der Waals surface area contributed by atoms with Crippen molar-refractivity contribution in [1.29, 1.82) is 0 Å². The number of ether oxygens (including phenoxy) is 1. The first-order valence-corrected chi connectivity index (χ1v) is 10.7. The van der Waals surface area contributed by atoms with Gasteiger partial charge < -0.3 is 10.1 Å². The van der Waals surface area contributed by atoms with Crippen LogP contribution < -0.4 is 14.4 Å². The lowest BCUT2D eigenvalue weighted by atomic mass is 10.1. The van der Waals surface area contributed by atoms with Gasteiger partial charge in [-0.1, -0.05) is 19.1 Å². The van der Waals surface area contributed by atoms with Gasteiger partial charge in [0.2, 0.25) is 15.9 Å². The Bertz CT molecular complexity index is 899. The molecule has 0 bridgehead atoms.